The summed E-state index contributed by atoms with van der Waals surface area (Å²) in [5, 5.41) is 12.2. The predicted octanol–water partition coefficient (Wildman–Crippen LogP) is 0.175. The van der Waals surface area contributed by atoms with E-state index in [2.05, 4.69) is 5.32 Å². The Morgan fingerprint density at radius 1 is 1.79 bits per heavy atom. The Morgan fingerprint density at radius 3 is 2.79 bits per heavy atom. The third-order valence-electron chi connectivity index (χ3n) is 2.06. The highest BCUT2D eigenvalue weighted by atomic mass is 35.5. The molecule has 0 heterocycles. The maximum Gasteiger partial charge on any atom is 0.250 e. The zero-order chi connectivity index (χ0) is 10.8. The zero-order valence-corrected chi connectivity index (χ0v) is 9.14. The Hall–Kier alpha value is -0.320. The van der Waals surface area contributed by atoms with Gasteiger partial charge in [0.25, 0.3) is 5.91 Å². The molecule has 1 fully saturated rings. The van der Waals surface area contributed by atoms with Crippen LogP contribution in [0.3, 0.4) is 0 Å². The van der Waals surface area contributed by atoms with Gasteiger partial charge in [0.05, 0.1) is 0 Å². The van der Waals surface area contributed by atoms with Crippen molar-refractivity contribution >= 4 is 18.3 Å². The van der Waals surface area contributed by atoms with Crippen LogP contribution in [0.1, 0.15) is 34.0 Å². The van der Waals surface area contributed by atoms with Crippen LogP contribution >= 0.6 is 12.4 Å². The van der Waals surface area contributed by atoms with Gasteiger partial charge in [-0.15, -0.1) is 12.4 Å². The second-order valence-corrected chi connectivity index (χ2v) is 3.51. The van der Waals surface area contributed by atoms with Gasteiger partial charge in [0.15, 0.2) is 0 Å². The first kappa shape index (κ1) is 11.8. The van der Waals surface area contributed by atoms with Crippen LogP contribution in [0.4, 0.5) is 0 Å². The second-order valence-electron chi connectivity index (χ2n) is 3.51. The quantitative estimate of drug-likeness (QED) is 0.622. The van der Waals surface area contributed by atoms with E-state index in [0.717, 1.165) is 12.8 Å². The van der Waals surface area contributed by atoms with E-state index in [9.17, 15) is 9.90 Å². The van der Waals surface area contributed by atoms with Crippen LogP contribution in [0.2, 0.25) is 0 Å². The van der Waals surface area contributed by atoms with Crippen LogP contribution in [0.15, 0.2) is 0 Å². The van der Waals surface area contributed by atoms with Crippen molar-refractivity contribution in [2.75, 3.05) is 0 Å². The van der Waals surface area contributed by atoms with E-state index in [1.807, 2.05) is 6.92 Å². The molecular weight excluding hydrogens is 204 g/mol. The van der Waals surface area contributed by atoms with Crippen LogP contribution in [0.25, 0.3) is 0 Å². The average Bonchev–Trinajstić information content (AvgIpc) is 2.86. The molecule has 0 spiro atoms. The minimum atomic E-state index is -1.56. The van der Waals surface area contributed by atoms with Crippen molar-refractivity contribution in [1.82, 2.24) is 5.32 Å². The minimum Gasteiger partial charge on any atom is -0.382 e. The number of aliphatic hydroxyl groups excluding tert-OH is 1. The van der Waals surface area contributed by atoms with Crippen molar-refractivity contribution in [3.8, 4) is 0 Å². The number of amides is 1. The average molecular weight is 224 g/mol. The van der Waals surface area contributed by atoms with Crippen LogP contribution < -0.4 is 11.1 Å². The molecular formula is C9H19ClN2O2. The fourth-order valence-electron chi connectivity index (χ4n) is 1.10. The summed E-state index contributed by atoms with van der Waals surface area (Å²) in [7, 11) is 0. The molecule has 14 heavy (non-hydrogen) atoms. The summed E-state index contributed by atoms with van der Waals surface area (Å²) in [4.78, 5) is 11.4. The maximum atomic E-state index is 11.4. The summed E-state index contributed by atoms with van der Waals surface area (Å²) >= 11 is 0. The molecule has 0 aromatic rings. The fourth-order valence-corrected chi connectivity index (χ4v) is 1.10. The van der Waals surface area contributed by atoms with E-state index in [4.69, 9.17) is 7.10 Å². The molecule has 5 heteroatoms. The number of nitrogens with one attached hydrogen (secondary N) is 1. The number of aliphatic hydroxyl groups is 1. The van der Waals surface area contributed by atoms with Gasteiger partial charge in [-0.25, -0.2) is 0 Å². The fraction of sp³-hybridized carbons (Fsp3) is 0.889. The standard InChI is InChI=1S/C9H18N2O2.ClH/c1-2-3-7(10)8(12)9(13)11-6-4-5-6;/h6-8,12H,2-5,10H2,1H3,(H,11,13);1H/t7-,8?;/m0./s1/i7D;. The van der Waals surface area contributed by atoms with E-state index in [0.29, 0.717) is 12.8 Å². The smallest absolute Gasteiger partial charge is 0.250 e. The molecule has 0 aromatic heterocycles. The molecule has 2 atom stereocenters. The van der Waals surface area contributed by atoms with Gasteiger partial charge in [-0.05, 0) is 19.3 Å². The number of halogens is 1. The number of nitrogens with two attached hydrogens (primary N) is 1. The molecule has 1 aliphatic rings. The Kier molecular flexibility index (Phi) is 5.22. The second kappa shape index (κ2) is 6.22. The van der Waals surface area contributed by atoms with Crippen LogP contribution in [-0.2, 0) is 4.79 Å². The summed E-state index contributed by atoms with van der Waals surface area (Å²) in [6, 6.07) is -1.37. The SMILES string of the molecule is Cl.[2H][C@](N)(CCC)C(O)C(=O)NC1CC1. The van der Waals surface area contributed by atoms with Gasteiger partial charge >= 0.3 is 0 Å². The third-order valence-corrected chi connectivity index (χ3v) is 2.06. The Bertz CT molecular complexity index is 222. The highest BCUT2D eigenvalue weighted by molar-refractivity contribution is 5.85. The van der Waals surface area contributed by atoms with Crippen molar-refractivity contribution < 1.29 is 11.3 Å². The van der Waals surface area contributed by atoms with Gasteiger partial charge in [0.2, 0.25) is 0 Å². The Morgan fingerprint density at radius 2 is 2.36 bits per heavy atom. The van der Waals surface area contributed by atoms with E-state index in [1.165, 1.54) is 0 Å². The van der Waals surface area contributed by atoms with Crippen molar-refractivity contribution in [2.45, 2.75) is 50.8 Å². The van der Waals surface area contributed by atoms with Crippen LogP contribution in [-0.4, -0.2) is 29.2 Å². The summed E-state index contributed by atoms with van der Waals surface area (Å²) in [6.07, 6.45) is 1.48. The molecule has 4 N–H and O–H groups in total. The van der Waals surface area contributed by atoms with E-state index < -0.39 is 18.0 Å². The molecule has 1 unspecified atom stereocenters. The largest absolute Gasteiger partial charge is 0.382 e. The molecule has 1 rings (SSSR count). The number of rotatable bonds is 5. The molecule has 1 aliphatic carbocycles. The number of hydrogen-bond acceptors (Lipinski definition) is 3. The predicted molar refractivity (Wildman–Crippen MR) is 57.3 cm³/mol. The lowest BCUT2D eigenvalue weighted by atomic mass is 10.1. The molecule has 84 valence electrons. The number of hydrogen-bond donors (Lipinski definition) is 3. The lowest BCUT2D eigenvalue weighted by Gasteiger charge is -2.17. The molecule has 4 nitrogen and oxygen atoms in total. The highest BCUT2D eigenvalue weighted by Gasteiger charge is 2.28. The Labute approximate surface area is 92.1 Å². The van der Waals surface area contributed by atoms with Gasteiger partial charge in [0, 0.05) is 13.4 Å². The van der Waals surface area contributed by atoms with E-state index in [1.54, 1.807) is 0 Å². The van der Waals surface area contributed by atoms with Gasteiger partial charge in [-0.2, -0.15) is 0 Å². The number of carbonyl (C=O) groups is 1. The molecule has 1 amide bonds. The van der Waals surface area contributed by atoms with Gasteiger partial charge < -0.3 is 16.2 Å². The minimum absolute atomic E-state index is 0. The van der Waals surface area contributed by atoms with Crippen molar-refractivity contribution in [1.29, 1.82) is 0 Å². The normalized spacial score (nSPS) is 22.6. The lowest BCUT2D eigenvalue weighted by molar-refractivity contribution is -0.130. The van der Waals surface area contributed by atoms with Gasteiger partial charge in [0.1, 0.15) is 6.10 Å². The molecule has 0 radical (unpaired) electrons. The monoisotopic (exact) mass is 223 g/mol. The summed E-state index contributed by atoms with van der Waals surface area (Å²) < 4.78 is 7.59. The highest BCUT2D eigenvalue weighted by Crippen LogP contribution is 2.18. The van der Waals surface area contributed by atoms with Crippen molar-refractivity contribution in [3.05, 3.63) is 0 Å². The molecule has 0 saturated heterocycles. The molecule has 0 aromatic carbocycles. The molecule has 1 saturated carbocycles. The first-order chi connectivity index (χ1) is 6.47. The number of carbonyl (C=O) groups excluding carboxylic acids is 1. The first-order valence-corrected chi connectivity index (χ1v) is 4.74. The van der Waals surface area contributed by atoms with Gasteiger partial charge in [-0.1, -0.05) is 13.3 Å². The van der Waals surface area contributed by atoms with Crippen molar-refractivity contribution in [2.24, 2.45) is 5.73 Å². The van der Waals surface area contributed by atoms with Crippen molar-refractivity contribution in [3.63, 3.8) is 0 Å². The van der Waals surface area contributed by atoms with E-state index >= 15 is 0 Å². The maximum absolute atomic E-state index is 11.4. The lowest BCUT2D eigenvalue weighted by Crippen LogP contribution is -2.46. The summed E-state index contributed by atoms with van der Waals surface area (Å²) in [5.74, 6) is -0.515. The topological polar surface area (TPSA) is 75.3 Å². The third kappa shape index (κ3) is 4.26. The van der Waals surface area contributed by atoms with Gasteiger partial charge in [-0.3, -0.25) is 4.79 Å². The zero-order valence-electron chi connectivity index (χ0n) is 9.32. The summed E-state index contributed by atoms with van der Waals surface area (Å²) in [6.45, 7) is 1.86. The Balaban J connectivity index is 0.00000196. The molecule has 0 bridgehead atoms. The molecule has 0 aliphatic heterocycles. The first-order valence-electron chi connectivity index (χ1n) is 5.24. The summed E-state index contributed by atoms with van der Waals surface area (Å²) in [5.41, 5.74) is 5.52. The van der Waals surface area contributed by atoms with Crippen LogP contribution in [0, 0.1) is 0 Å². The van der Waals surface area contributed by atoms with E-state index in [-0.39, 0.29) is 18.4 Å². The van der Waals surface area contributed by atoms with Crippen LogP contribution in [0.5, 0.6) is 0 Å².